The van der Waals surface area contributed by atoms with E-state index in [0.717, 1.165) is 16.3 Å². The Balaban J connectivity index is 1.72. The average Bonchev–Trinajstić information content (AvgIpc) is 3.02. The Hall–Kier alpha value is -3.22. The maximum absolute atomic E-state index is 12.2. The second-order valence-corrected chi connectivity index (χ2v) is 5.52. The van der Waals surface area contributed by atoms with Gasteiger partial charge in [0.15, 0.2) is 0 Å². The summed E-state index contributed by atoms with van der Waals surface area (Å²) in [5.74, 6) is -0.507. The van der Waals surface area contributed by atoms with E-state index in [-0.39, 0.29) is 24.3 Å². The minimum absolute atomic E-state index is 0.0179. The van der Waals surface area contributed by atoms with Crippen LogP contribution in [0.3, 0.4) is 0 Å². The van der Waals surface area contributed by atoms with Gasteiger partial charge in [-0.25, -0.2) is 0 Å². The van der Waals surface area contributed by atoms with Crippen molar-refractivity contribution in [2.75, 3.05) is 0 Å². The maximum atomic E-state index is 12.2. The Labute approximate surface area is 138 Å². The number of hydrogen-bond donors (Lipinski definition) is 1. The number of carbonyl (C=O) groups excluding carboxylic acids is 1. The molecule has 0 radical (unpaired) electrons. The van der Waals surface area contributed by atoms with Crippen molar-refractivity contribution in [2.45, 2.75) is 19.5 Å². The maximum Gasteiger partial charge on any atom is 0.381 e. The van der Waals surface area contributed by atoms with Crippen LogP contribution in [0, 0.1) is 10.1 Å². The molecule has 0 aliphatic heterocycles. The summed E-state index contributed by atoms with van der Waals surface area (Å²) in [6.45, 7) is 1.89. The van der Waals surface area contributed by atoms with Crippen LogP contribution in [-0.4, -0.2) is 20.4 Å². The van der Waals surface area contributed by atoms with Crippen molar-refractivity contribution in [2.24, 2.45) is 0 Å². The predicted molar refractivity (Wildman–Crippen MR) is 89.4 cm³/mol. The fourth-order valence-corrected chi connectivity index (χ4v) is 2.69. The molecule has 7 nitrogen and oxygen atoms in total. The number of aromatic nitrogens is 2. The molecule has 2 aromatic carbocycles. The molecule has 122 valence electrons. The molecule has 3 rings (SSSR count). The van der Waals surface area contributed by atoms with Crippen molar-refractivity contribution in [1.82, 2.24) is 14.9 Å². The number of carbonyl (C=O) groups is 1. The zero-order chi connectivity index (χ0) is 17.1. The van der Waals surface area contributed by atoms with Gasteiger partial charge in [-0.05, 0) is 33.2 Å². The van der Waals surface area contributed by atoms with E-state index in [1.54, 1.807) is 0 Å². The Morgan fingerprint density at radius 2 is 2.04 bits per heavy atom. The Bertz CT molecular complexity index is 898. The number of nitrogens with zero attached hydrogens (tertiary/aromatic N) is 3. The highest BCUT2D eigenvalue weighted by atomic mass is 16.6. The Morgan fingerprint density at radius 1 is 1.29 bits per heavy atom. The summed E-state index contributed by atoms with van der Waals surface area (Å²) in [5.41, 5.74) is 1.03. The Kier molecular flexibility index (Phi) is 4.24. The summed E-state index contributed by atoms with van der Waals surface area (Å²) in [7, 11) is 0. The molecule has 0 aliphatic carbocycles. The van der Waals surface area contributed by atoms with Crippen LogP contribution in [0.5, 0.6) is 0 Å². The summed E-state index contributed by atoms with van der Waals surface area (Å²) in [6, 6.07) is 13.8. The van der Waals surface area contributed by atoms with Gasteiger partial charge < -0.3 is 20.0 Å². The summed E-state index contributed by atoms with van der Waals surface area (Å²) in [5, 5.41) is 15.7. The fraction of sp³-hybridized carbons (Fsp3) is 0.176. The third-order valence-corrected chi connectivity index (χ3v) is 3.80. The summed E-state index contributed by atoms with van der Waals surface area (Å²) < 4.78 is 1.39. The van der Waals surface area contributed by atoms with E-state index in [0.29, 0.717) is 0 Å². The van der Waals surface area contributed by atoms with Crippen LogP contribution >= 0.6 is 0 Å². The van der Waals surface area contributed by atoms with Gasteiger partial charge in [0.1, 0.15) is 12.7 Å². The highest BCUT2D eigenvalue weighted by Gasteiger charge is 2.15. The van der Waals surface area contributed by atoms with Crippen molar-refractivity contribution in [3.8, 4) is 0 Å². The molecule has 0 bridgehead atoms. The number of hydrogen-bond acceptors (Lipinski definition) is 4. The van der Waals surface area contributed by atoms with Gasteiger partial charge in [0, 0.05) is 0 Å². The minimum Gasteiger partial charge on any atom is -0.358 e. The smallest absolute Gasteiger partial charge is 0.358 e. The first-order valence-electron chi connectivity index (χ1n) is 7.48. The van der Waals surface area contributed by atoms with Crippen LogP contribution in [0.25, 0.3) is 10.8 Å². The van der Waals surface area contributed by atoms with Crippen LogP contribution in [0.2, 0.25) is 0 Å². The monoisotopic (exact) mass is 324 g/mol. The van der Waals surface area contributed by atoms with Crippen molar-refractivity contribution in [3.05, 3.63) is 70.7 Å². The molecule has 0 saturated heterocycles. The summed E-state index contributed by atoms with van der Waals surface area (Å²) in [6.07, 6.45) is 2.52. The normalized spacial score (nSPS) is 12.0. The van der Waals surface area contributed by atoms with Crippen LogP contribution in [0.1, 0.15) is 18.5 Å². The molecule has 1 N–H and O–H groups in total. The van der Waals surface area contributed by atoms with Crippen molar-refractivity contribution in [1.29, 1.82) is 0 Å². The van der Waals surface area contributed by atoms with E-state index in [1.807, 2.05) is 49.4 Å². The first-order valence-corrected chi connectivity index (χ1v) is 7.48. The molecule has 1 aromatic heterocycles. The Morgan fingerprint density at radius 3 is 2.79 bits per heavy atom. The van der Waals surface area contributed by atoms with Gasteiger partial charge in [0.2, 0.25) is 12.2 Å². The largest absolute Gasteiger partial charge is 0.381 e. The fourth-order valence-electron chi connectivity index (χ4n) is 2.69. The lowest BCUT2D eigenvalue weighted by atomic mass is 10.00. The third kappa shape index (κ3) is 3.24. The van der Waals surface area contributed by atoms with Crippen LogP contribution in [-0.2, 0) is 11.3 Å². The summed E-state index contributed by atoms with van der Waals surface area (Å²) >= 11 is 0. The van der Waals surface area contributed by atoms with Crippen LogP contribution in [0.15, 0.2) is 55.0 Å². The molecule has 3 aromatic rings. The molecule has 0 fully saturated rings. The lowest BCUT2D eigenvalue weighted by molar-refractivity contribution is -0.389. The number of nitro groups is 1. The van der Waals surface area contributed by atoms with Gasteiger partial charge in [-0.15, -0.1) is 0 Å². The minimum atomic E-state index is -0.590. The van der Waals surface area contributed by atoms with Gasteiger partial charge in [-0.3, -0.25) is 4.79 Å². The first kappa shape index (κ1) is 15.7. The highest BCUT2D eigenvalue weighted by molar-refractivity contribution is 5.86. The standard InChI is InChI=1S/C17H16N4O3/c1-12(14-8-4-6-13-5-2-3-7-15(13)14)19-17(22)10-20-9-16(18-11-20)21(23)24/h2-9,11-12H,10H2,1H3,(H,19,22)/t12-/m0/s1. The molecular weight excluding hydrogens is 308 g/mol. The molecule has 0 spiro atoms. The molecule has 1 heterocycles. The van der Waals surface area contributed by atoms with Crippen molar-refractivity contribution < 1.29 is 9.72 Å². The number of rotatable bonds is 5. The van der Waals surface area contributed by atoms with Gasteiger partial charge in [0.25, 0.3) is 0 Å². The lowest BCUT2D eigenvalue weighted by Crippen LogP contribution is -2.29. The first-order chi connectivity index (χ1) is 11.5. The SMILES string of the molecule is C[C@H](NC(=O)Cn1cnc([N+](=O)[O-])c1)c1cccc2ccccc12. The number of amides is 1. The van der Waals surface area contributed by atoms with Gasteiger partial charge in [-0.2, -0.15) is 0 Å². The van der Waals surface area contributed by atoms with E-state index < -0.39 is 4.92 Å². The van der Waals surface area contributed by atoms with Gasteiger partial charge in [-0.1, -0.05) is 42.5 Å². The number of nitrogens with one attached hydrogen (secondary N) is 1. The highest BCUT2D eigenvalue weighted by Crippen LogP contribution is 2.24. The molecule has 7 heteroatoms. The van der Waals surface area contributed by atoms with Crippen LogP contribution < -0.4 is 5.32 Å². The molecule has 0 unspecified atom stereocenters. The molecular formula is C17H16N4O3. The van der Waals surface area contributed by atoms with E-state index in [9.17, 15) is 14.9 Å². The number of fused-ring (bicyclic) bond motifs is 1. The van der Waals surface area contributed by atoms with E-state index in [4.69, 9.17) is 0 Å². The second-order valence-electron chi connectivity index (χ2n) is 5.52. The second kappa shape index (κ2) is 6.49. The summed E-state index contributed by atoms with van der Waals surface area (Å²) in [4.78, 5) is 25.8. The zero-order valence-corrected chi connectivity index (χ0v) is 13.0. The molecule has 1 atom stereocenters. The lowest BCUT2D eigenvalue weighted by Gasteiger charge is -2.16. The number of benzene rings is 2. The van der Waals surface area contributed by atoms with E-state index >= 15 is 0 Å². The van der Waals surface area contributed by atoms with Gasteiger partial charge >= 0.3 is 5.82 Å². The zero-order valence-electron chi connectivity index (χ0n) is 13.0. The third-order valence-electron chi connectivity index (χ3n) is 3.80. The average molecular weight is 324 g/mol. The van der Waals surface area contributed by atoms with Gasteiger partial charge in [0.05, 0.1) is 6.04 Å². The molecule has 0 aliphatic rings. The molecule has 24 heavy (non-hydrogen) atoms. The van der Waals surface area contributed by atoms with Crippen molar-refractivity contribution in [3.63, 3.8) is 0 Å². The predicted octanol–water partition coefficient (Wildman–Crippen LogP) is 2.82. The molecule has 1 amide bonds. The topological polar surface area (TPSA) is 90.1 Å². The quantitative estimate of drug-likeness (QED) is 0.577. The van der Waals surface area contributed by atoms with E-state index in [2.05, 4.69) is 10.3 Å². The van der Waals surface area contributed by atoms with Crippen molar-refractivity contribution >= 4 is 22.5 Å². The van der Waals surface area contributed by atoms with E-state index in [1.165, 1.54) is 17.1 Å². The number of imidazole rings is 1. The van der Waals surface area contributed by atoms with Crippen LogP contribution in [0.4, 0.5) is 5.82 Å². The molecule has 0 saturated carbocycles.